The number of alkyl halides is 3. The number of nitrogens with zero attached hydrogens (tertiary/aromatic N) is 3. The van der Waals surface area contributed by atoms with Crippen LogP contribution in [0.3, 0.4) is 0 Å². The van der Waals surface area contributed by atoms with Gasteiger partial charge in [0.15, 0.2) is 0 Å². The fourth-order valence-electron chi connectivity index (χ4n) is 3.23. The quantitative estimate of drug-likeness (QED) is 0.865. The monoisotopic (exact) mass is 300 g/mol. The highest BCUT2D eigenvalue weighted by atomic mass is 19.4. The molecule has 1 aromatic rings. The summed E-state index contributed by atoms with van der Waals surface area (Å²) in [4.78, 5) is 8.45. The molecule has 0 amide bonds. The molecule has 116 valence electrons. The van der Waals surface area contributed by atoms with E-state index in [4.69, 9.17) is 5.73 Å². The fraction of sp³-hybridized carbons (Fsp3) is 0.643. The number of anilines is 2. The van der Waals surface area contributed by atoms with E-state index in [0.29, 0.717) is 18.4 Å². The van der Waals surface area contributed by atoms with E-state index in [1.807, 2.05) is 4.90 Å². The molecule has 2 saturated heterocycles. The van der Waals surface area contributed by atoms with Crippen molar-refractivity contribution in [3.63, 3.8) is 0 Å². The second-order valence-electron chi connectivity index (χ2n) is 5.77. The van der Waals surface area contributed by atoms with Crippen molar-refractivity contribution in [1.82, 2.24) is 9.88 Å². The maximum absolute atomic E-state index is 12.9. The Hall–Kier alpha value is -1.50. The fourth-order valence-corrected chi connectivity index (χ4v) is 3.23. The molecule has 0 radical (unpaired) electrons. The van der Waals surface area contributed by atoms with Crippen LogP contribution >= 0.6 is 0 Å². The third-order valence-corrected chi connectivity index (χ3v) is 4.32. The summed E-state index contributed by atoms with van der Waals surface area (Å²) < 4.78 is 38.6. The van der Waals surface area contributed by atoms with Gasteiger partial charge in [0.05, 0.1) is 5.56 Å². The van der Waals surface area contributed by atoms with Gasteiger partial charge in [-0.05, 0) is 31.5 Å². The molecule has 4 nitrogen and oxygen atoms in total. The summed E-state index contributed by atoms with van der Waals surface area (Å²) in [5, 5.41) is 0. The number of nitrogens with two attached hydrogens (primary N) is 1. The lowest BCUT2D eigenvalue weighted by Gasteiger charge is -2.44. The van der Waals surface area contributed by atoms with Gasteiger partial charge in [-0.3, -0.25) is 4.90 Å². The van der Waals surface area contributed by atoms with E-state index in [1.165, 1.54) is 12.8 Å². The van der Waals surface area contributed by atoms with Crippen molar-refractivity contribution in [2.24, 2.45) is 0 Å². The Morgan fingerprint density at radius 2 is 1.95 bits per heavy atom. The Morgan fingerprint density at radius 1 is 1.14 bits per heavy atom. The maximum atomic E-state index is 12.9. The Balaban J connectivity index is 1.82. The number of pyridine rings is 1. The molecule has 2 N–H and O–H groups in total. The Bertz CT molecular complexity index is 517. The summed E-state index contributed by atoms with van der Waals surface area (Å²) in [6, 6.07) is 2.42. The number of piperazine rings is 1. The first kappa shape index (κ1) is 14.4. The summed E-state index contributed by atoms with van der Waals surface area (Å²) in [5.74, 6) is 0.262. The van der Waals surface area contributed by atoms with Crippen LogP contribution < -0.4 is 10.6 Å². The van der Waals surface area contributed by atoms with Crippen molar-refractivity contribution in [2.75, 3.05) is 36.8 Å². The minimum atomic E-state index is -4.39. The zero-order chi connectivity index (χ0) is 15.0. The average molecular weight is 300 g/mol. The predicted molar refractivity (Wildman–Crippen MR) is 75.1 cm³/mol. The molecule has 0 aliphatic carbocycles. The van der Waals surface area contributed by atoms with Crippen LogP contribution in [0.4, 0.5) is 24.8 Å². The molecule has 1 aromatic heterocycles. The highest BCUT2D eigenvalue weighted by Gasteiger charge is 2.34. The zero-order valence-electron chi connectivity index (χ0n) is 11.7. The molecule has 1 atom stereocenters. The SMILES string of the molecule is Nc1cc(C(F)(F)F)cc(N2CCN3CCCCC3C2)n1. The highest BCUT2D eigenvalue weighted by molar-refractivity contribution is 5.49. The first-order valence-corrected chi connectivity index (χ1v) is 7.27. The van der Waals surface area contributed by atoms with Crippen LogP contribution in [0, 0.1) is 0 Å². The van der Waals surface area contributed by atoms with Crippen LogP contribution in [0.15, 0.2) is 12.1 Å². The van der Waals surface area contributed by atoms with E-state index in [-0.39, 0.29) is 5.82 Å². The van der Waals surface area contributed by atoms with Gasteiger partial charge in [-0.1, -0.05) is 6.42 Å². The minimum Gasteiger partial charge on any atom is -0.384 e. The second-order valence-corrected chi connectivity index (χ2v) is 5.77. The second kappa shape index (κ2) is 5.36. The van der Waals surface area contributed by atoms with Gasteiger partial charge in [0, 0.05) is 25.7 Å². The molecule has 3 rings (SSSR count). The summed E-state index contributed by atoms with van der Waals surface area (Å²) in [7, 11) is 0. The molecule has 2 fully saturated rings. The van der Waals surface area contributed by atoms with E-state index in [2.05, 4.69) is 9.88 Å². The Kier molecular flexibility index (Phi) is 3.69. The summed E-state index contributed by atoms with van der Waals surface area (Å²) in [6.07, 6.45) is -0.887. The van der Waals surface area contributed by atoms with Crippen LogP contribution in [0.2, 0.25) is 0 Å². The van der Waals surface area contributed by atoms with E-state index >= 15 is 0 Å². The summed E-state index contributed by atoms with van der Waals surface area (Å²) >= 11 is 0. The maximum Gasteiger partial charge on any atom is 0.416 e. The zero-order valence-corrected chi connectivity index (χ0v) is 11.7. The molecule has 3 heterocycles. The van der Waals surface area contributed by atoms with Crippen LogP contribution in [-0.2, 0) is 6.18 Å². The molecular weight excluding hydrogens is 281 g/mol. The summed E-state index contributed by atoms with van der Waals surface area (Å²) in [5.41, 5.74) is 4.82. The number of hydrogen-bond acceptors (Lipinski definition) is 4. The Morgan fingerprint density at radius 3 is 2.71 bits per heavy atom. The molecular formula is C14H19F3N4. The van der Waals surface area contributed by atoms with Gasteiger partial charge >= 0.3 is 6.18 Å². The van der Waals surface area contributed by atoms with Gasteiger partial charge in [-0.2, -0.15) is 13.2 Å². The molecule has 7 heteroatoms. The number of halogens is 3. The standard InChI is InChI=1S/C14H19F3N4/c15-14(16,17)10-7-12(18)19-13(8-10)21-6-5-20-4-2-1-3-11(20)9-21/h7-8,11H,1-6,9H2,(H2,18,19). The van der Waals surface area contributed by atoms with E-state index < -0.39 is 11.7 Å². The van der Waals surface area contributed by atoms with Gasteiger partial charge in [0.2, 0.25) is 0 Å². The number of piperidine rings is 1. The van der Waals surface area contributed by atoms with Crippen molar-refractivity contribution in [2.45, 2.75) is 31.5 Å². The first-order chi connectivity index (χ1) is 9.93. The number of hydrogen-bond donors (Lipinski definition) is 1. The smallest absolute Gasteiger partial charge is 0.384 e. The van der Waals surface area contributed by atoms with Gasteiger partial charge < -0.3 is 10.6 Å². The molecule has 1 unspecified atom stereocenters. The third kappa shape index (κ3) is 3.07. The molecule has 2 aliphatic heterocycles. The average Bonchev–Trinajstić information content (AvgIpc) is 2.45. The lowest BCUT2D eigenvalue weighted by molar-refractivity contribution is -0.137. The van der Waals surface area contributed by atoms with E-state index in [9.17, 15) is 13.2 Å². The van der Waals surface area contributed by atoms with Crippen molar-refractivity contribution in [1.29, 1.82) is 0 Å². The topological polar surface area (TPSA) is 45.4 Å². The van der Waals surface area contributed by atoms with Crippen LogP contribution in [-0.4, -0.2) is 42.1 Å². The number of aromatic nitrogens is 1. The van der Waals surface area contributed by atoms with Gasteiger partial charge in [-0.15, -0.1) is 0 Å². The third-order valence-electron chi connectivity index (χ3n) is 4.32. The predicted octanol–water partition coefficient (Wildman–Crippen LogP) is 2.36. The Labute approximate surface area is 121 Å². The van der Waals surface area contributed by atoms with Crippen molar-refractivity contribution in [3.8, 4) is 0 Å². The normalized spacial score (nSPS) is 24.0. The van der Waals surface area contributed by atoms with Crippen LogP contribution in [0.5, 0.6) is 0 Å². The molecule has 2 aliphatic rings. The number of fused-ring (bicyclic) bond motifs is 1. The molecule has 21 heavy (non-hydrogen) atoms. The molecule has 0 aromatic carbocycles. The van der Waals surface area contributed by atoms with Crippen molar-refractivity contribution >= 4 is 11.6 Å². The van der Waals surface area contributed by atoms with Crippen molar-refractivity contribution in [3.05, 3.63) is 17.7 Å². The van der Waals surface area contributed by atoms with Crippen LogP contribution in [0.1, 0.15) is 24.8 Å². The minimum absolute atomic E-state index is 0.0779. The first-order valence-electron chi connectivity index (χ1n) is 7.27. The lowest BCUT2D eigenvalue weighted by Crippen LogP contribution is -2.55. The number of rotatable bonds is 1. The van der Waals surface area contributed by atoms with Crippen molar-refractivity contribution < 1.29 is 13.2 Å². The van der Waals surface area contributed by atoms with E-state index in [0.717, 1.165) is 38.2 Å². The largest absolute Gasteiger partial charge is 0.416 e. The highest BCUT2D eigenvalue weighted by Crippen LogP contribution is 2.33. The van der Waals surface area contributed by atoms with E-state index in [1.54, 1.807) is 0 Å². The molecule has 0 saturated carbocycles. The molecule has 0 spiro atoms. The lowest BCUT2D eigenvalue weighted by atomic mass is 9.99. The number of nitrogen functional groups attached to an aromatic ring is 1. The van der Waals surface area contributed by atoms with Gasteiger partial charge in [0.25, 0.3) is 0 Å². The molecule has 0 bridgehead atoms. The van der Waals surface area contributed by atoms with Gasteiger partial charge in [0.1, 0.15) is 11.6 Å². The van der Waals surface area contributed by atoms with Gasteiger partial charge in [-0.25, -0.2) is 4.98 Å². The van der Waals surface area contributed by atoms with Crippen LogP contribution in [0.25, 0.3) is 0 Å². The summed E-state index contributed by atoms with van der Waals surface area (Å²) in [6.45, 7) is 3.40.